The summed E-state index contributed by atoms with van der Waals surface area (Å²) in [6, 6.07) is 1.36. The summed E-state index contributed by atoms with van der Waals surface area (Å²) in [5.41, 5.74) is 0.202. The fourth-order valence-corrected chi connectivity index (χ4v) is 2.28. The number of ether oxygens (including phenoxy) is 2. The number of carbonyl (C=O) groups is 1. The van der Waals surface area contributed by atoms with E-state index in [0.29, 0.717) is 5.69 Å². The molecule has 1 aromatic rings. The molecule has 1 heterocycles. The third kappa shape index (κ3) is 5.31. The second kappa shape index (κ2) is 7.30. The van der Waals surface area contributed by atoms with Gasteiger partial charge in [0, 0.05) is 0 Å². The summed E-state index contributed by atoms with van der Waals surface area (Å²) in [4.78, 5) is 15.3. The van der Waals surface area contributed by atoms with Crippen molar-refractivity contribution in [3.05, 3.63) is 21.0 Å². The van der Waals surface area contributed by atoms with Crippen LogP contribution in [0.5, 0.6) is 5.75 Å². The predicted molar refractivity (Wildman–Crippen MR) is 73.5 cm³/mol. The Kier molecular flexibility index (Phi) is 6.31. The fourth-order valence-electron chi connectivity index (χ4n) is 1.37. The molecule has 0 aliphatic rings. The first-order chi connectivity index (χ1) is 9.26. The Hall–Kier alpha value is -0.770. The molecule has 0 fully saturated rings. The standard InChI is InChI=1S/C11H10ClF3INO3/c1-2-19-9(18)4-8-10(20-11(13,14)15)7(16)3-6(5-12)17-8/h3H,2,4-5H2,1H3. The van der Waals surface area contributed by atoms with Crippen LogP contribution in [0.3, 0.4) is 0 Å². The molecule has 0 aromatic carbocycles. The lowest BCUT2D eigenvalue weighted by Gasteiger charge is -2.15. The molecule has 0 saturated heterocycles. The van der Waals surface area contributed by atoms with Crippen LogP contribution in [-0.2, 0) is 21.8 Å². The largest absolute Gasteiger partial charge is 0.573 e. The third-order valence-electron chi connectivity index (χ3n) is 2.02. The Morgan fingerprint density at radius 2 is 2.15 bits per heavy atom. The van der Waals surface area contributed by atoms with Crippen LogP contribution in [0.2, 0.25) is 0 Å². The number of aromatic nitrogens is 1. The molecular weight excluding hydrogens is 413 g/mol. The highest BCUT2D eigenvalue weighted by Crippen LogP contribution is 2.31. The maximum atomic E-state index is 12.4. The lowest BCUT2D eigenvalue weighted by molar-refractivity contribution is -0.275. The first-order valence-corrected chi connectivity index (χ1v) is 7.03. The maximum absolute atomic E-state index is 12.4. The van der Waals surface area contributed by atoms with Crippen LogP contribution in [0.25, 0.3) is 0 Å². The van der Waals surface area contributed by atoms with Crippen molar-refractivity contribution in [2.45, 2.75) is 25.6 Å². The molecule has 0 spiro atoms. The number of nitrogens with zero attached hydrogens (tertiary/aromatic N) is 1. The molecule has 0 aliphatic carbocycles. The van der Waals surface area contributed by atoms with Gasteiger partial charge in [0.1, 0.15) is 0 Å². The van der Waals surface area contributed by atoms with Crippen molar-refractivity contribution in [3.63, 3.8) is 0 Å². The van der Waals surface area contributed by atoms with E-state index in [1.807, 2.05) is 0 Å². The number of alkyl halides is 4. The molecule has 20 heavy (non-hydrogen) atoms. The van der Waals surface area contributed by atoms with Gasteiger partial charge in [-0.2, -0.15) is 0 Å². The molecule has 1 aromatic heterocycles. The monoisotopic (exact) mass is 423 g/mol. The van der Waals surface area contributed by atoms with Gasteiger partial charge in [0.05, 0.1) is 33.9 Å². The number of esters is 1. The van der Waals surface area contributed by atoms with E-state index in [2.05, 4.69) is 9.72 Å². The minimum atomic E-state index is -4.87. The first-order valence-electron chi connectivity index (χ1n) is 5.42. The van der Waals surface area contributed by atoms with Gasteiger partial charge >= 0.3 is 12.3 Å². The van der Waals surface area contributed by atoms with Crippen molar-refractivity contribution in [1.82, 2.24) is 4.98 Å². The van der Waals surface area contributed by atoms with Gasteiger partial charge in [-0.05, 0) is 35.6 Å². The lowest BCUT2D eigenvalue weighted by Crippen LogP contribution is -2.21. The normalized spacial score (nSPS) is 11.3. The Bertz CT molecular complexity index is 497. The SMILES string of the molecule is CCOC(=O)Cc1nc(CCl)cc(I)c1OC(F)(F)F. The van der Waals surface area contributed by atoms with Gasteiger partial charge in [-0.25, -0.2) is 0 Å². The predicted octanol–water partition coefficient (Wildman–Crippen LogP) is 3.43. The van der Waals surface area contributed by atoms with Crippen molar-refractivity contribution >= 4 is 40.2 Å². The van der Waals surface area contributed by atoms with Crippen molar-refractivity contribution in [3.8, 4) is 5.75 Å². The zero-order chi connectivity index (χ0) is 15.3. The molecule has 0 bridgehead atoms. The van der Waals surface area contributed by atoms with Gasteiger partial charge in [-0.3, -0.25) is 9.78 Å². The molecular formula is C11H10ClF3INO3. The third-order valence-corrected chi connectivity index (χ3v) is 3.10. The lowest BCUT2D eigenvalue weighted by atomic mass is 10.2. The highest BCUT2D eigenvalue weighted by Gasteiger charge is 2.34. The van der Waals surface area contributed by atoms with Gasteiger partial charge in [0.15, 0.2) is 5.75 Å². The van der Waals surface area contributed by atoms with E-state index in [9.17, 15) is 18.0 Å². The van der Waals surface area contributed by atoms with Crippen molar-refractivity contribution in [2.75, 3.05) is 6.61 Å². The summed E-state index contributed by atoms with van der Waals surface area (Å²) >= 11 is 7.28. The Balaban J connectivity index is 3.15. The summed E-state index contributed by atoms with van der Waals surface area (Å²) in [7, 11) is 0. The van der Waals surface area contributed by atoms with Crippen LogP contribution >= 0.6 is 34.2 Å². The molecule has 9 heteroatoms. The van der Waals surface area contributed by atoms with Crippen LogP contribution in [0.15, 0.2) is 6.07 Å². The van der Waals surface area contributed by atoms with Crippen molar-refractivity contribution in [2.24, 2.45) is 0 Å². The van der Waals surface area contributed by atoms with Gasteiger partial charge in [0.2, 0.25) is 0 Å². The molecule has 0 radical (unpaired) electrons. The molecule has 0 amide bonds. The first kappa shape index (κ1) is 17.3. The van der Waals surface area contributed by atoms with E-state index in [1.165, 1.54) is 6.07 Å². The number of hydrogen-bond donors (Lipinski definition) is 0. The molecule has 1 rings (SSSR count). The van der Waals surface area contributed by atoms with E-state index in [-0.39, 0.29) is 21.8 Å². The molecule has 0 N–H and O–H groups in total. The van der Waals surface area contributed by atoms with Crippen LogP contribution in [0, 0.1) is 3.57 Å². The van der Waals surface area contributed by atoms with E-state index in [1.54, 1.807) is 29.5 Å². The molecule has 112 valence electrons. The quantitative estimate of drug-likeness (QED) is 0.414. The second-order valence-electron chi connectivity index (χ2n) is 3.53. The van der Waals surface area contributed by atoms with Crippen LogP contribution in [-0.4, -0.2) is 23.9 Å². The van der Waals surface area contributed by atoms with Gasteiger partial charge in [-0.15, -0.1) is 24.8 Å². The number of rotatable bonds is 5. The smallest absolute Gasteiger partial charge is 0.466 e. The minimum absolute atomic E-state index is 0.0120. The summed E-state index contributed by atoms with van der Waals surface area (Å²) in [5, 5.41) is 0. The molecule has 4 nitrogen and oxygen atoms in total. The van der Waals surface area contributed by atoms with Gasteiger partial charge < -0.3 is 9.47 Å². The number of hydrogen-bond acceptors (Lipinski definition) is 4. The highest BCUT2D eigenvalue weighted by molar-refractivity contribution is 14.1. The average Bonchev–Trinajstić information content (AvgIpc) is 2.32. The summed E-state index contributed by atoms with van der Waals surface area (Å²) < 4.78 is 45.9. The van der Waals surface area contributed by atoms with Crippen LogP contribution < -0.4 is 4.74 Å². The second-order valence-corrected chi connectivity index (χ2v) is 4.96. The van der Waals surface area contributed by atoms with Gasteiger partial charge in [-0.1, -0.05) is 0 Å². The average molecular weight is 424 g/mol. The Morgan fingerprint density at radius 3 is 2.65 bits per heavy atom. The number of carbonyl (C=O) groups excluding carboxylic acids is 1. The van der Waals surface area contributed by atoms with E-state index in [4.69, 9.17) is 16.3 Å². The summed E-state index contributed by atoms with van der Waals surface area (Å²) in [6.45, 7) is 1.72. The summed E-state index contributed by atoms with van der Waals surface area (Å²) in [5.74, 6) is -1.17. The van der Waals surface area contributed by atoms with E-state index < -0.39 is 24.5 Å². The van der Waals surface area contributed by atoms with Crippen LogP contribution in [0.1, 0.15) is 18.3 Å². The Morgan fingerprint density at radius 1 is 1.50 bits per heavy atom. The maximum Gasteiger partial charge on any atom is 0.573 e. The Labute approximate surface area is 131 Å². The van der Waals surface area contributed by atoms with Crippen LogP contribution in [0.4, 0.5) is 13.2 Å². The van der Waals surface area contributed by atoms with Crippen molar-refractivity contribution in [1.29, 1.82) is 0 Å². The molecule has 0 saturated carbocycles. The number of halogens is 5. The van der Waals surface area contributed by atoms with Gasteiger partial charge in [0.25, 0.3) is 0 Å². The number of pyridine rings is 1. The minimum Gasteiger partial charge on any atom is -0.466 e. The zero-order valence-electron chi connectivity index (χ0n) is 10.3. The van der Waals surface area contributed by atoms with E-state index in [0.717, 1.165) is 0 Å². The zero-order valence-corrected chi connectivity index (χ0v) is 13.2. The van der Waals surface area contributed by atoms with Crippen molar-refractivity contribution < 1.29 is 27.4 Å². The highest BCUT2D eigenvalue weighted by atomic mass is 127. The summed E-state index contributed by atoms with van der Waals surface area (Å²) in [6.07, 6.45) is -5.28. The topological polar surface area (TPSA) is 48.4 Å². The molecule has 0 unspecified atom stereocenters. The van der Waals surface area contributed by atoms with E-state index >= 15 is 0 Å². The fraction of sp³-hybridized carbons (Fsp3) is 0.455. The molecule has 0 atom stereocenters. The molecule has 0 aliphatic heterocycles.